The Morgan fingerprint density at radius 1 is 1.10 bits per heavy atom. The zero-order chi connectivity index (χ0) is 21.1. The molecule has 29 heavy (non-hydrogen) atoms. The van der Waals surface area contributed by atoms with Crippen molar-refractivity contribution >= 4 is 23.0 Å². The summed E-state index contributed by atoms with van der Waals surface area (Å²) in [5.74, 6) is 0. The third-order valence-corrected chi connectivity index (χ3v) is 5.54. The van der Waals surface area contributed by atoms with Gasteiger partial charge in [0, 0.05) is 18.3 Å². The van der Waals surface area contributed by atoms with E-state index < -0.39 is 0 Å². The number of nitrogens with one attached hydrogen (secondary N) is 2. The lowest BCUT2D eigenvalue weighted by atomic mass is 10.1. The molecule has 1 aromatic carbocycles. The number of hydrogen-bond acceptors (Lipinski definition) is 3. The van der Waals surface area contributed by atoms with Crippen LogP contribution in [0.25, 0.3) is 0 Å². The van der Waals surface area contributed by atoms with Crippen LogP contribution in [0.15, 0.2) is 30.5 Å². The Morgan fingerprint density at radius 2 is 1.83 bits per heavy atom. The van der Waals surface area contributed by atoms with Crippen molar-refractivity contribution < 1.29 is 0 Å². The first-order valence-corrected chi connectivity index (χ1v) is 10.4. The molecule has 0 amide bonds. The molecule has 154 valence electrons. The summed E-state index contributed by atoms with van der Waals surface area (Å²) >= 11 is 5.58. The van der Waals surface area contributed by atoms with E-state index in [1.165, 1.54) is 11.1 Å². The fourth-order valence-electron chi connectivity index (χ4n) is 3.52. The van der Waals surface area contributed by atoms with Crippen LogP contribution in [0.4, 0.5) is 5.69 Å². The first-order valence-electron chi connectivity index (χ1n) is 10.00. The molecule has 1 atom stereocenters. The molecule has 3 aromatic rings. The number of aryl methyl sites for hydroxylation is 4. The zero-order valence-corrected chi connectivity index (χ0v) is 18.9. The van der Waals surface area contributed by atoms with Crippen LogP contribution < -0.4 is 10.6 Å². The fraction of sp³-hybridized carbons (Fsp3) is 0.409. The van der Waals surface area contributed by atoms with Crippen molar-refractivity contribution in [3.8, 4) is 0 Å². The molecule has 0 saturated heterocycles. The fourth-order valence-corrected chi connectivity index (χ4v) is 3.80. The minimum atomic E-state index is 0.0675. The monoisotopic (exact) mass is 410 g/mol. The highest BCUT2D eigenvalue weighted by molar-refractivity contribution is 7.80. The molecule has 0 saturated carbocycles. The third kappa shape index (κ3) is 4.67. The highest BCUT2D eigenvalue weighted by atomic mass is 32.1. The summed E-state index contributed by atoms with van der Waals surface area (Å²) in [6.45, 7) is 14.0. The van der Waals surface area contributed by atoms with E-state index in [0.29, 0.717) is 5.11 Å². The van der Waals surface area contributed by atoms with Gasteiger partial charge in [0.05, 0.1) is 35.4 Å². The van der Waals surface area contributed by atoms with E-state index >= 15 is 0 Å². The largest absolute Gasteiger partial charge is 0.356 e. The maximum absolute atomic E-state index is 5.58. The van der Waals surface area contributed by atoms with Gasteiger partial charge in [-0.15, -0.1) is 0 Å². The first-order chi connectivity index (χ1) is 13.8. The van der Waals surface area contributed by atoms with Crippen molar-refractivity contribution in [3.63, 3.8) is 0 Å². The van der Waals surface area contributed by atoms with Crippen LogP contribution in [0.2, 0.25) is 0 Å². The van der Waals surface area contributed by atoms with Crippen LogP contribution in [0.1, 0.15) is 53.7 Å². The molecule has 6 nitrogen and oxygen atoms in total. The van der Waals surface area contributed by atoms with E-state index in [-0.39, 0.29) is 6.04 Å². The lowest BCUT2D eigenvalue weighted by Crippen LogP contribution is -2.31. The second-order valence-electron chi connectivity index (χ2n) is 7.48. The first kappa shape index (κ1) is 21.0. The Bertz CT molecular complexity index is 1020. The number of thiocarbonyl (C=S) groups is 1. The Labute approximate surface area is 178 Å². The van der Waals surface area contributed by atoms with Gasteiger partial charge in [0.1, 0.15) is 0 Å². The standard InChI is InChI=1S/C22H30N6S/c1-7-27-13-20(16(4)25-27)15(3)23-22(29)24-21-17(5)26-28(18(21)6)12-19-11-9-8-10-14(19)2/h8-11,13,15H,7,12H2,1-6H3,(H2,23,24,29). The van der Waals surface area contributed by atoms with Crippen LogP contribution in [-0.4, -0.2) is 24.7 Å². The molecule has 0 spiro atoms. The van der Waals surface area contributed by atoms with Gasteiger partial charge in [0.2, 0.25) is 0 Å². The summed E-state index contributed by atoms with van der Waals surface area (Å²) in [4.78, 5) is 0. The minimum Gasteiger partial charge on any atom is -0.356 e. The van der Waals surface area contributed by atoms with Gasteiger partial charge in [-0.05, 0) is 64.9 Å². The van der Waals surface area contributed by atoms with Crippen molar-refractivity contribution in [2.75, 3.05) is 5.32 Å². The van der Waals surface area contributed by atoms with Crippen LogP contribution in [-0.2, 0) is 13.1 Å². The summed E-state index contributed by atoms with van der Waals surface area (Å²) in [5, 5.41) is 16.5. The van der Waals surface area contributed by atoms with Gasteiger partial charge >= 0.3 is 0 Å². The lowest BCUT2D eigenvalue weighted by Gasteiger charge is -2.17. The van der Waals surface area contributed by atoms with Gasteiger partial charge in [-0.25, -0.2) is 0 Å². The lowest BCUT2D eigenvalue weighted by molar-refractivity contribution is 0.651. The topological polar surface area (TPSA) is 59.7 Å². The summed E-state index contributed by atoms with van der Waals surface area (Å²) in [7, 11) is 0. The SMILES string of the molecule is CCn1cc(C(C)NC(=S)Nc2c(C)nn(Cc3ccccc3C)c2C)c(C)n1. The van der Waals surface area contributed by atoms with E-state index in [2.05, 4.69) is 73.9 Å². The molecule has 3 rings (SSSR count). The van der Waals surface area contributed by atoms with Crippen LogP contribution >= 0.6 is 12.2 Å². The molecule has 0 radical (unpaired) electrons. The van der Waals surface area contributed by atoms with Crippen LogP contribution in [0.3, 0.4) is 0 Å². The van der Waals surface area contributed by atoms with Gasteiger partial charge in [0.15, 0.2) is 5.11 Å². The van der Waals surface area contributed by atoms with E-state index in [4.69, 9.17) is 17.3 Å². The normalized spacial score (nSPS) is 12.1. The van der Waals surface area contributed by atoms with Gasteiger partial charge < -0.3 is 10.6 Å². The highest BCUT2D eigenvalue weighted by Gasteiger charge is 2.17. The molecule has 0 aliphatic heterocycles. The van der Waals surface area contributed by atoms with Crippen molar-refractivity contribution in [2.45, 2.75) is 60.7 Å². The Balaban J connectivity index is 1.71. The van der Waals surface area contributed by atoms with Crippen molar-refractivity contribution in [3.05, 3.63) is 64.2 Å². The predicted molar refractivity (Wildman–Crippen MR) is 122 cm³/mol. The summed E-state index contributed by atoms with van der Waals surface area (Å²) in [6.07, 6.45) is 2.08. The summed E-state index contributed by atoms with van der Waals surface area (Å²) in [6, 6.07) is 8.47. The van der Waals surface area contributed by atoms with E-state index in [0.717, 1.165) is 41.4 Å². The molecule has 2 aromatic heterocycles. The number of aromatic nitrogens is 4. The Kier molecular flexibility index (Phi) is 6.37. The second-order valence-corrected chi connectivity index (χ2v) is 7.88. The quantitative estimate of drug-likeness (QED) is 0.589. The molecule has 0 aliphatic carbocycles. The molecule has 2 heterocycles. The zero-order valence-electron chi connectivity index (χ0n) is 18.1. The maximum Gasteiger partial charge on any atom is 0.171 e. The molecular weight excluding hydrogens is 380 g/mol. The predicted octanol–water partition coefficient (Wildman–Crippen LogP) is 4.43. The van der Waals surface area contributed by atoms with Gasteiger partial charge in [-0.2, -0.15) is 10.2 Å². The van der Waals surface area contributed by atoms with Crippen LogP contribution in [0, 0.1) is 27.7 Å². The molecule has 7 heteroatoms. The number of benzene rings is 1. The molecule has 1 unspecified atom stereocenters. The van der Waals surface area contributed by atoms with Gasteiger partial charge in [0.25, 0.3) is 0 Å². The van der Waals surface area contributed by atoms with E-state index in [1.54, 1.807) is 0 Å². The smallest absolute Gasteiger partial charge is 0.171 e. The highest BCUT2D eigenvalue weighted by Crippen LogP contribution is 2.22. The Morgan fingerprint density at radius 3 is 2.48 bits per heavy atom. The van der Waals surface area contributed by atoms with E-state index in [1.807, 2.05) is 23.2 Å². The maximum atomic E-state index is 5.58. The molecule has 2 N–H and O–H groups in total. The van der Waals surface area contributed by atoms with Crippen molar-refractivity contribution in [2.24, 2.45) is 0 Å². The van der Waals surface area contributed by atoms with Crippen molar-refractivity contribution in [1.82, 2.24) is 24.9 Å². The van der Waals surface area contributed by atoms with E-state index in [9.17, 15) is 0 Å². The van der Waals surface area contributed by atoms with Crippen LogP contribution in [0.5, 0.6) is 0 Å². The average Bonchev–Trinajstić information content (AvgIpc) is 3.18. The third-order valence-electron chi connectivity index (χ3n) is 5.32. The van der Waals surface area contributed by atoms with Crippen molar-refractivity contribution in [1.29, 1.82) is 0 Å². The second kappa shape index (κ2) is 8.78. The molecule has 0 fully saturated rings. The van der Waals surface area contributed by atoms with Gasteiger partial charge in [-0.1, -0.05) is 24.3 Å². The average molecular weight is 411 g/mol. The summed E-state index contributed by atoms with van der Waals surface area (Å²) < 4.78 is 3.98. The van der Waals surface area contributed by atoms with Gasteiger partial charge in [-0.3, -0.25) is 9.36 Å². The Hall–Kier alpha value is -2.67. The molecule has 0 bridgehead atoms. The minimum absolute atomic E-state index is 0.0675. The molecule has 0 aliphatic rings. The number of nitrogens with zero attached hydrogens (tertiary/aromatic N) is 4. The molecular formula is C22H30N6S. The number of hydrogen-bond donors (Lipinski definition) is 2. The number of rotatable bonds is 6. The summed E-state index contributed by atoms with van der Waals surface area (Å²) in [5.41, 5.74) is 7.67. The number of anilines is 1.